The highest BCUT2D eigenvalue weighted by atomic mass is 32.2. The van der Waals surface area contributed by atoms with E-state index in [1.807, 2.05) is 13.0 Å². The fourth-order valence-electron chi connectivity index (χ4n) is 2.02. The van der Waals surface area contributed by atoms with Gasteiger partial charge in [-0.2, -0.15) is 0 Å². The molecule has 2 aromatic rings. The summed E-state index contributed by atoms with van der Waals surface area (Å²) in [6.45, 7) is 3.85. The molecule has 21 heavy (non-hydrogen) atoms. The van der Waals surface area contributed by atoms with Gasteiger partial charge in [0.1, 0.15) is 0 Å². The molecular weight excluding hydrogens is 286 g/mol. The molecule has 2 rings (SSSR count). The second-order valence-corrected chi connectivity index (χ2v) is 6.80. The highest BCUT2D eigenvalue weighted by Crippen LogP contribution is 2.17. The fourth-order valence-corrected chi connectivity index (χ4v) is 3.36. The lowest BCUT2D eigenvalue weighted by atomic mass is 10.1. The van der Waals surface area contributed by atoms with Crippen molar-refractivity contribution >= 4 is 10.0 Å². The van der Waals surface area contributed by atoms with E-state index in [0.29, 0.717) is 4.90 Å². The summed E-state index contributed by atoms with van der Waals surface area (Å²) in [4.78, 5) is 0.314. The van der Waals surface area contributed by atoms with Crippen molar-refractivity contribution in [2.75, 3.05) is 0 Å². The molecule has 0 unspecified atom stereocenters. The first-order valence-electron chi connectivity index (χ1n) is 6.68. The molecule has 112 valence electrons. The van der Waals surface area contributed by atoms with Crippen molar-refractivity contribution in [1.82, 2.24) is 4.72 Å². The first kappa shape index (κ1) is 15.7. The zero-order chi connectivity index (χ0) is 15.5. The molecule has 0 aromatic heterocycles. The predicted molar refractivity (Wildman–Crippen MR) is 82.3 cm³/mol. The van der Waals surface area contributed by atoms with Crippen LogP contribution in [0.3, 0.4) is 0 Å². The van der Waals surface area contributed by atoms with E-state index in [1.165, 1.54) is 0 Å². The Morgan fingerprint density at radius 1 is 1.00 bits per heavy atom. The molecule has 0 bridgehead atoms. The summed E-state index contributed by atoms with van der Waals surface area (Å²) in [6.07, 6.45) is 0. The number of hydrogen-bond donors (Lipinski definition) is 2. The van der Waals surface area contributed by atoms with Crippen LogP contribution in [0.4, 0.5) is 0 Å². The van der Waals surface area contributed by atoms with Crippen LogP contribution in [0.5, 0.6) is 0 Å². The molecule has 0 aliphatic rings. The van der Waals surface area contributed by atoms with Crippen LogP contribution in [0.25, 0.3) is 0 Å². The summed E-state index contributed by atoms with van der Waals surface area (Å²) in [5.41, 5.74) is 3.29. The summed E-state index contributed by atoms with van der Waals surface area (Å²) in [5.74, 6) is 0. The third-order valence-electron chi connectivity index (χ3n) is 3.31. The molecule has 4 nitrogen and oxygen atoms in total. The van der Waals surface area contributed by atoms with Crippen molar-refractivity contribution in [3.63, 3.8) is 0 Å². The molecule has 2 N–H and O–H groups in total. The van der Waals surface area contributed by atoms with E-state index in [0.717, 1.165) is 22.3 Å². The standard InChI is InChI=1S/C16H19NO3S/c1-12-3-4-13(2)16(9-12)21(19,20)17-10-14-5-7-15(11-18)8-6-14/h3-9,17-18H,10-11H2,1-2H3. The van der Waals surface area contributed by atoms with E-state index < -0.39 is 10.0 Å². The number of sulfonamides is 1. The van der Waals surface area contributed by atoms with Crippen LogP contribution in [0.15, 0.2) is 47.4 Å². The third-order valence-corrected chi connectivity index (χ3v) is 4.85. The number of aliphatic hydroxyl groups is 1. The Labute approximate surface area is 125 Å². The number of nitrogens with one attached hydrogen (secondary N) is 1. The lowest BCUT2D eigenvalue weighted by Gasteiger charge is -2.10. The van der Waals surface area contributed by atoms with Gasteiger partial charge >= 0.3 is 0 Å². The van der Waals surface area contributed by atoms with Crippen molar-refractivity contribution in [3.8, 4) is 0 Å². The van der Waals surface area contributed by atoms with Crippen molar-refractivity contribution in [2.24, 2.45) is 0 Å². The SMILES string of the molecule is Cc1ccc(C)c(S(=O)(=O)NCc2ccc(CO)cc2)c1. The molecule has 0 atom stereocenters. The Kier molecular flexibility index (Phi) is 4.77. The number of rotatable bonds is 5. The summed E-state index contributed by atoms with van der Waals surface area (Å²) < 4.78 is 27.3. The molecule has 0 amide bonds. The van der Waals surface area contributed by atoms with Gasteiger partial charge in [-0.1, -0.05) is 36.4 Å². The predicted octanol–water partition coefficient (Wildman–Crippen LogP) is 2.27. The number of hydrogen-bond acceptors (Lipinski definition) is 3. The summed E-state index contributed by atoms with van der Waals surface area (Å²) >= 11 is 0. The molecule has 0 spiro atoms. The van der Waals surface area contributed by atoms with Crippen molar-refractivity contribution < 1.29 is 13.5 Å². The van der Waals surface area contributed by atoms with Crippen LogP contribution in [-0.2, 0) is 23.2 Å². The molecule has 0 saturated heterocycles. The normalized spacial score (nSPS) is 11.6. The lowest BCUT2D eigenvalue weighted by Crippen LogP contribution is -2.24. The van der Waals surface area contributed by atoms with E-state index in [2.05, 4.69) is 4.72 Å². The molecule has 0 aliphatic heterocycles. The Hall–Kier alpha value is -1.69. The minimum Gasteiger partial charge on any atom is -0.392 e. The van der Waals surface area contributed by atoms with E-state index >= 15 is 0 Å². The van der Waals surface area contributed by atoms with Gasteiger partial charge in [-0.15, -0.1) is 0 Å². The second kappa shape index (κ2) is 6.39. The maximum absolute atomic E-state index is 12.4. The summed E-state index contributed by atoms with van der Waals surface area (Å²) in [5, 5.41) is 8.98. The maximum atomic E-state index is 12.4. The third kappa shape index (κ3) is 3.91. The highest BCUT2D eigenvalue weighted by Gasteiger charge is 2.16. The van der Waals surface area contributed by atoms with Crippen molar-refractivity contribution in [2.45, 2.75) is 31.9 Å². The van der Waals surface area contributed by atoms with E-state index in [9.17, 15) is 8.42 Å². The summed E-state index contributed by atoms with van der Waals surface area (Å²) in [6, 6.07) is 12.5. The molecule has 0 radical (unpaired) electrons. The lowest BCUT2D eigenvalue weighted by molar-refractivity contribution is 0.282. The number of aryl methyl sites for hydroxylation is 2. The van der Waals surface area contributed by atoms with Gasteiger partial charge in [0.05, 0.1) is 11.5 Å². The van der Waals surface area contributed by atoms with Crippen LogP contribution < -0.4 is 4.72 Å². The summed E-state index contributed by atoms with van der Waals surface area (Å²) in [7, 11) is -3.53. The van der Waals surface area contributed by atoms with Gasteiger partial charge in [-0.3, -0.25) is 0 Å². The largest absolute Gasteiger partial charge is 0.392 e. The Bertz CT molecular complexity index is 722. The average Bonchev–Trinajstić information content (AvgIpc) is 2.48. The van der Waals surface area contributed by atoms with Crippen LogP contribution in [0.1, 0.15) is 22.3 Å². The zero-order valence-corrected chi connectivity index (χ0v) is 12.9. The molecule has 5 heteroatoms. The van der Waals surface area contributed by atoms with Gasteiger partial charge in [-0.05, 0) is 42.2 Å². The smallest absolute Gasteiger partial charge is 0.241 e. The minimum atomic E-state index is -3.53. The van der Waals surface area contributed by atoms with Crippen LogP contribution in [0.2, 0.25) is 0 Å². The minimum absolute atomic E-state index is 0.0194. The van der Waals surface area contributed by atoms with Gasteiger partial charge in [0.2, 0.25) is 10.0 Å². The topological polar surface area (TPSA) is 66.4 Å². The molecule has 0 aliphatic carbocycles. The number of benzene rings is 2. The Morgan fingerprint density at radius 2 is 1.62 bits per heavy atom. The quantitative estimate of drug-likeness (QED) is 0.890. The molecule has 0 saturated carbocycles. The monoisotopic (exact) mass is 305 g/mol. The van der Waals surface area contributed by atoms with E-state index in [1.54, 1.807) is 43.3 Å². The van der Waals surface area contributed by atoms with Gasteiger partial charge in [0.25, 0.3) is 0 Å². The van der Waals surface area contributed by atoms with Gasteiger partial charge < -0.3 is 5.11 Å². The average molecular weight is 305 g/mol. The highest BCUT2D eigenvalue weighted by molar-refractivity contribution is 7.89. The fraction of sp³-hybridized carbons (Fsp3) is 0.250. The molecule has 2 aromatic carbocycles. The second-order valence-electron chi connectivity index (χ2n) is 5.07. The van der Waals surface area contributed by atoms with Gasteiger partial charge in [0, 0.05) is 6.54 Å². The number of aliphatic hydroxyl groups excluding tert-OH is 1. The molecule has 0 fully saturated rings. The van der Waals surface area contributed by atoms with Crippen molar-refractivity contribution in [3.05, 3.63) is 64.7 Å². The first-order chi connectivity index (χ1) is 9.92. The maximum Gasteiger partial charge on any atom is 0.241 e. The molecular formula is C16H19NO3S. The van der Waals surface area contributed by atoms with E-state index in [-0.39, 0.29) is 13.2 Å². The zero-order valence-electron chi connectivity index (χ0n) is 12.1. The Morgan fingerprint density at radius 3 is 2.24 bits per heavy atom. The van der Waals surface area contributed by atoms with Crippen LogP contribution in [0, 0.1) is 13.8 Å². The van der Waals surface area contributed by atoms with Crippen LogP contribution in [-0.4, -0.2) is 13.5 Å². The van der Waals surface area contributed by atoms with Crippen molar-refractivity contribution in [1.29, 1.82) is 0 Å². The Balaban J connectivity index is 2.15. The van der Waals surface area contributed by atoms with Gasteiger partial charge in [0.15, 0.2) is 0 Å². The van der Waals surface area contributed by atoms with E-state index in [4.69, 9.17) is 5.11 Å². The first-order valence-corrected chi connectivity index (χ1v) is 8.16. The van der Waals surface area contributed by atoms with Crippen LogP contribution >= 0.6 is 0 Å². The van der Waals surface area contributed by atoms with Gasteiger partial charge in [-0.25, -0.2) is 13.1 Å². The molecule has 0 heterocycles.